The molecule has 0 saturated carbocycles. The first-order chi connectivity index (χ1) is 39.7. The molecule has 0 bridgehead atoms. The summed E-state index contributed by atoms with van der Waals surface area (Å²) in [6.45, 7) is 0. The quantitative estimate of drug-likeness (QED) is 0.141. The van der Waals surface area contributed by atoms with Crippen LogP contribution in [0.4, 0.5) is 17.1 Å². The van der Waals surface area contributed by atoms with Gasteiger partial charge in [-0.1, -0.05) is 194 Å². The number of fused-ring (bicyclic) bond motifs is 10. The van der Waals surface area contributed by atoms with E-state index in [2.05, 4.69) is 322 Å². The molecule has 0 amide bonds. The lowest BCUT2D eigenvalue weighted by Crippen LogP contribution is -2.11. The molecule has 0 saturated heterocycles. The minimum atomic E-state index is 1.07. The Bertz CT molecular complexity index is 4970. The van der Waals surface area contributed by atoms with E-state index in [1.807, 2.05) is 0 Å². The van der Waals surface area contributed by atoms with Gasteiger partial charge in [0, 0.05) is 65.8 Å². The van der Waals surface area contributed by atoms with Crippen molar-refractivity contribution < 1.29 is 0 Å². The predicted octanol–water partition coefficient (Wildman–Crippen LogP) is 20.6. The fourth-order valence-corrected chi connectivity index (χ4v) is 12.7. The number of aromatic nitrogens is 3. The van der Waals surface area contributed by atoms with Crippen LogP contribution in [0.3, 0.4) is 0 Å². The van der Waals surface area contributed by atoms with Crippen LogP contribution in [0.1, 0.15) is 0 Å². The summed E-state index contributed by atoms with van der Waals surface area (Å²) in [5, 5.41) is 9.83. The van der Waals surface area contributed by atoms with E-state index in [0.29, 0.717) is 0 Å². The van der Waals surface area contributed by atoms with Crippen LogP contribution in [-0.2, 0) is 0 Å². The Kier molecular flexibility index (Phi) is 10.5. The number of benzene rings is 13. The molecule has 3 heterocycles. The highest BCUT2D eigenvalue weighted by atomic mass is 15.1. The molecule has 16 rings (SSSR count). The van der Waals surface area contributed by atoms with Crippen LogP contribution in [0, 0.1) is 0 Å². The molecule has 0 unspecified atom stereocenters. The van der Waals surface area contributed by atoms with Crippen LogP contribution >= 0.6 is 0 Å². The fourth-order valence-electron chi connectivity index (χ4n) is 12.7. The van der Waals surface area contributed by atoms with E-state index < -0.39 is 0 Å². The molecule has 4 nitrogen and oxygen atoms in total. The zero-order chi connectivity index (χ0) is 52.7. The van der Waals surface area contributed by atoms with Crippen molar-refractivity contribution in [2.45, 2.75) is 0 Å². The highest BCUT2D eigenvalue weighted by Gasteiger charge is 2.21. The van der Waals surface area contributed by atoms with Crippen LogP contribution in [-0.4, -0.2) is 13.7 Å². The Morgan fingerprint density at radius 1 is 0.200 bits per heavy atom. The second-order valence-electron chi connectivity index (χ2n) is 20.9. The molecule has 0 aliphatic heterocycles. The Morgan fingerprint density at radius 3 is 0.950 bits per heavy atom. The third kappa shape index (κ3) is 7.31. The Labute approximate surface area is 463 Å². The van der Waals surface area contributed by atoms with E-state index >= 15 is 0 Å². The monoisotopic (exact) mass is 1020 g/mol. The van der Waals surface area contributed by atoms with Gasteiger partial charge in [0.25, 0.3) is 0 Å². The first kappa shape index (κ1) is 45.5. The van der Waals surface area contributed by atoms with Gasteiger partial charge in [0.2, 0.25) is 0 Å². The van der Waals surface area contributed by atoms with Crippen molar-refractivity contribution in [1.82, 2.24) is 13.7 Å². The molecule has 0 atom stereocenters. The maximum Gasteiger partial charge on any atom is 0.0542 e. The second kappa shape index (κ2) is 18.5. The lowest BCUT2D eigenvalue weighted by molar-refractivity contribution is 1.18. The zero-order valence-corrected chi connectivity index (χ0v) is 43.7. The third-order valence-electron chi connectivity index (χ3n) is 16.4. The van der Waals surface area contributed by atoms with Crippen molar-refractivity contribution in [3.05, 3.63) is 303 Å². The molecule has 374 valence electrons. The van der Waals surface area contributed by atoms with Crippen molar-refractivity contribution in [2.75, 3.05) is 4.90 Å². The summed E-state index contributed by atoms with van der Waals surface area (Å²) >= 11 is 0. The maximum absolute atomic E-state index is 2.44. The lowest BCUT2D eigenvalue weighted by Gasteiger charge is -2.28. The Morgan fingerprint density at radius 2 is 0.512 bits per heavy atom. The summed E-state index contributed by atoms with van der Waals surface area (Å²) in [6.07, 6.45) is 0. The molecule has 0 fully saturated rings. The van der Waals surface area contributed by atoms with E-state index in [1.165, 1.54) is 104 Å². The Hall–Kier alpha value is -10.7. The van der Waals surface area contributed by atoms with E-state index in [-0.39, 0.29) is 0 Å². The molecular formula is C76H50N4. The molecule has 0 radical (unpaired) electrons. The van der Waals surface area contributed by atoms with Gasteiger partial charge in [0.15, 0.2) is 0 Å². The molecule has 3 aromatic heterocycles. The van der Waals surface area contributed by atoms with Gasteiger partial charge < -0.3 is 18.6 Å². The minimum absolute atomic E-state index is 1.07. The predicted molar refractivity (Wildman–Crippen MR) is 338 cm³/mol. The normalized spacial score (nSPS) is 11.8. The topological polar surface area (TPSA) is 18.0 Å². The van der Waals surface area contributed by atoms with Gasteiger partial charge >= 0.3 is 0 Å². The van der Waals surface area contributed by atoms with Gasteiger partial charge in [-0.2, -0.15) is 0 Å². The minimum Gasteiger partial charge on any atom is -0.310 e. The van der Waals surface area contributed by atoms with E-state index in [0.717, 1.165) is 39.6 Å². The number of nitrogens with zero attached hydrogens (tertiary/aromatic N) is 4. The van der Waals surface area contributed by atoms with E-state index in [9.17, 15) is 0 Å². The molecule has 0 aliphatic rings. The van der Waals surface area contributed by atoms with Crippen LogP contribution in [0.15, 0.2) is 303 Å². The molecule has 0 aliphatic carbocycles. The van der Waals surface area contributed by atoms with Gasteiger partial charge in [0.1, 0.15) is 0 Å². The lowest BCUT2D eigenvalue weighted by atomic mass is 9.98. The summed E-state index contributed by atoms with van der Waals surface area (Å²) in [7, 11) is 0. The molecule has 80 heavy (non-hydrogen) atoms. The SMILES string of the molecule is c1ccc(-n2c3ccccc3c3cc(-c4ccc(-c5ccc(N(c6ccc(-c7ccc8c(c7)c7ccccc7n8-c7ccccc7)cc6)c6ccc(-n7c8ccccc8c8ccccc87)c7ccccc67)cc5)cc4)ccc32)cc1. The molecule has 0 N–H and O–H groups in total. The smallest absolute Gasteiger partial charge is 0.0542 e. The molecule has 0 spiro atoms. The molecular weight excluding hydrogens is 969 g/mol. The maximum atomic E-state index is 2.44. The van der Waals surface area contributed by atoms with Crippen LogP contribution in [0.25, 0.3) is 127 Å². The fraction of sp³-hybridized carbons (Fsp3) is 0. The number of anilines is 3. The first-order valence-corrected chi connectivity index (χ1v) is 27.5. The first-order valence-electron chi connectivity index (χ1n) is 27.5. The summed E-state index contributed by atoms with van der Waals surface area (Å²) in [4.78, 5) is 2.43. The van der Waals surface area contributed by atoms with Gasteiger partial charge in [-0.05, 0) is 143 Å². The van der Waals surface area contributed by atoms with Gasteiger partial charge in [-0.25, -0.2) is 0 Å². The van der Waals surface area contributed by atoms with Crippen molar-refractivity contribution in [3.8, 4) is 50.4 Å². The van der Waals surface area contributed by atoms with E-state index in [4.69, 9.17) is 0 Å². The van der Waals surface area contributed by atoms with Gasteiger partial charge in [0.05, 0.1) is 44.5 Å². The highest BCUT2D eigenvalue weighted by Crippen LogP contribution is 2.45. The third-order valence-corrected chi connectivity index (χ3v) is 16.4. The number of para-hydroxylation sites is 6. The average molecular weight is 1020 g/mol. The highest BCUT2D eigenvalue weighted by molar-refractivity contribution is 6.14. The van der Waals surface area contributed by atoms with Crippen LogP contribution in [0.2, 0.25) is 0 Å². The van der Waals surface area contributed by atoms with Crippen molar-refractivity contribution >= 4 is 93.3 Å². The summed E-state index contributed by atoms with van der Waals surface area (Å²) in [5.74, 6) is 0. The van der Waals surface area contributed by atoms with Crippen molar-refractivity contribution in [2.24, 2.45) is 0 Å². The zero-order valence-electron chi connectivity index (χ0n) is 43.7. The van der Waals surface area contributed by atoms with Gasteiger partial charge in [-0.15, -0.1) is 0 Å². The Balaban J connectivity index is 0.787. The number of rotatable bonds is 9. The average Bonchev–Trinajstić information content (AvgIpc) is 4.27. The number of hydrogen-bond donors (Lipinski definition) is 0. The summed E-state index contributed by atoms with van der Waals surface area (Å²) in [6, 6.07) is 111. The number of hydrogen-bond acceptors (Lipinski definition) is 1. The molecule has 13 aromatic carbocycles. The van der Waals surface area contributed by atoms with E-state index in [1.54, 1.807) is 0 Å². The van der Waals surface area contributed by atoms with Crippen molar-refractivity contribution in [1.29, 1.82) is 0 Å². The van der Waals surface area contributed by atoms with Gasteiger partial charge in [-0.3, -0.25) is 0 Å². The van der Waals surface area contributed by atoms with Crippen molar-refractivity contribution in [3.63, 3.8) is 0 Å². The standard InChI is InChI=1S/C76H50N4/c1-3-17-57(18-4-1)78-69-27-13-11-25-65(69)67-49-55(39-45-75(67)78)53-33-31-51(32-34-53)52-35-41-59(42-36-52)77(73-47-48-74(64-22-8-7-21-63(64)73)80-71-29-15-9-23-61(71)62-24-10-16-30-72(62)80)60-43-37-54(38-44-60)56-40-46-76-68(50-56)66-26-12-14-28-70(66)79(76)58-19-5-2-6-20-58/h1-50H. The summed E-state index contributed by atoms with van der Waals surface area (Å²) in [5.41, 5.74) is 21.0. The van der Waals surface area contributed by atoms with Crippen LogP contribution in [0.5, 0.6) is 0 Å². The second-order valence-corrected chi connectivity index (χ2v) is 20.9. The molecule has 4 heteroatoms. The molecule has 16 aromatic rings. The largest absolute Gasteiger partial charge is 0.310 e. The summed E-state index contributed by atoms with van der Waals surface area (Å²) < 4.78 is 7.18. The van der Waals surface area contributed by atoms with Crippen LogP contribution < -0.4 is 4.90 Å².